The van der Waals surface area contributed by atoms with Crippen LogP contribution in [0.15, 0.2) is 0 Å². The van der Waals surface area contributed by atoms with Crippen molar-refractivity contribution in [3.63, 3.8) is 0 Å². The lowest BCUT2D eigenvalue weighted by atomic mass is 10.2. The first kappa shape index (κ1) is 10.8. The average molecular weight is 162 g/mol. The van der Waals surface area contributed by atoms with Gasteiger partial charge in [-0.05, 0) is 34.6 Å². The number of nitrogens with one attached hydrogen (secondary N) is 1. The van der Waals surface area contributed by atoms with Crippen LogP contribution in [0.1, 0.15) is 34.6 Å². The zero-order valence-electron chi connectivity index (χ0n) is 7.89. The molecule has 0 aliphatic rings. The Hall–Kier alpha value is -0.160. The minimum Gasteiger partial charge on any atom is -0.293 e. The Labute approximate surface area is 68.0 Å². The Morgan fingerprint density at radius 1 is 1.09 bits per heavy atom. The van der Waals surface area contributed by atoms with Gasteiger partial charge in [0.1, 0.15) is 0 Å². The number of hydrogen-bond acceptors (Lipinski definition) is 4. The molecule has 0 amide bonds. The topological polar surface area (TPSA) is 56.5 Å². The van der Waals surface area contributed by atoms with Gasteiger partial charge >= 0.3 is 0 Å². The molecular weight excluding hydrogens is 144 g/mol. The Bertz CT molecular complexity index is 118. The van der Waals surface area contributed by atoms with Crippen LogP contribution < -0.4 is 11.4 Å². The predicted octanol–water partition coefficient (Wildman–Crippen LogP) is 0.932. The van der Waals surface area contributed by atoms with Crippen molar-refractivity contribution in [1.82, 2.24) is 5.48 Å². The fourth-order valence-corrected chi connectivity index (χ4v) is 0.300. The summed E-state index contributed by atoms with van der Waals surface area (Å²) in [4.78, 5) is 9.83. The molecule has 0 fully saturated rings. The lowest BCUT2D eigenvalue weighted by molar-refractivity contribution is -0.189. The second-order valence-electron chi connectivity index (χ2n) is 3.94. The molecule has 0 unspecified atom stereocenters. The first-order chi connectivity index (χ1) is 4.77. The van der Waals surface area contributed by atoms with E-state index in [0.717, 1.165) is 0 Å². The highest BCUT2D eigenvalue weighted by atomic mass is 16.7. The molecule has 4 nitrogen and oxygen atoms in total. The lowest BCUT2D eigenvalue weighted by Crippen LogP contribution is -2.47. The van der Waals surface area contributed by atoms with Gasteiger partial charge in [0.2, 0.25) is 0 Å². The summed E-state index contributed by atoms with van der Waals surface area (Å²) in [5.41, 5.74) is 1.82. The van der Waals surface area contributed by atoms with Gasteiger partial charge in [-0.3, -0.25) is 9.68 Å². The smallest absolute Gasteiger partial charge is 0.155 e. The summed E-state index contributed by atoms with van der Waals surface area (Å²) in [6.07, 6.45) is 0. The lowest BCUT2D eigenvalue weighted by Gasteiger charge is -2.28. The standard InChI is InChI=1S/C7H18N2O2/c1-6(2,3)11-9-7(4,5)10-8/h9H,8H2,1-5H3. The summed E-state index contributed by atoms with van der Waals surface area (Å²) in [5.74, 6) is 4.99. The SMILES string of the molecule is CC(C)(C)ONC(C)(C)ON. The maximum absolute atomic E-state index is 5.23. The molecule has 0 aromatic rings. The van der Waals surface area contributed by atoms with E-state index in [2.05, 4.69) is 10.3 Å². The average Bonchev–Trinajstić information content (AvgIpc) is 1.83. The Kier molecular flexibility index (Phi) is 3.44. The molecular formula is C7H18N2O2. The summed E-state index contributed by atoms with van der Waals surface area (Å²) in [6.45, 7) is 9.36. The van der Waals surface area contributed by atoms with Crippen LogP contribution in [-0.2, 0) is 9.68 Å². The molecule has 0 saturated heterocycles. The van der Waals surface area contributed by atoms with Crippen molar-refractivity contribution in [3.05, 3.63) is 0 Å². The molecule has 0 heterocycles. The van der Waals surface area contributed by atoms with Gasteiger partial charge in [0.05, 0.1) is 5.60 Å². The third-order valence-electron chi connectivity index (χ3n) is 0.898. The van der Waals surface area contributed by atoms with Crippen molar-refractivity contribution in [2.75, 3.05) is 0 Å². The molecule has 0 saturated carbocycles. The van der Waals surface area contributed by atoms with Crippen LogP contribution in [0, 0.1) is 0 Å². The van der Waals surface area contributed by atoms with E-state index in [1.807, 2.05) is 20.8 Å². The largest absolute Gasteiger partial charge is 0.293 e. The molecule has 0 radical (unpaired) electrons. The van der Waals surface area contributed by atoms with Crippen LogP contribution >= 0.6 is 0 Å². The number of nitrogens with two attached hydrogens (primary N) is 1. The quantitative estimate of drug-likeness (QED) is 0.479. The van der Waals surface area contributed by atoms with Crippen molar-refractivity contribution in [2.45, 2.75) is 45.9 Å². The van der Waals surface area contributed by atoms with Gasteiger partial charge in [0, 0.05) is 0 Å². The van der Waals surface area contributed by atoms with Gasteiger partial charge in [0.15, 0.2) is 5.72 Å². The Morgan fingerprint density at radius 2 is 1.55 bits per heavy atom. The maximum atomic E-state index is 5.23. The van der Waals surface area contributed by atoms with E-state index in [4.69, 9.17) is 10.7 Å². The third kappa shape index (κ3) is 6.25. The fourth-order valence-electron chi connectivity index (χ4n) is 0.300. The van der Waals surface area contributed by atoms with Crippen LogP contribution in [0.5, 0.6) is 0 Å². The van der Waals surface area contributed by atoms with Crippen molar-refractivity contribution in [2.24, 2.45) is 5.90 Å². The van der Waals surface area contributed by atoms with E-state index in [1.54, 1.807) is 13.8 Å². The summed E-state index contributed by atoms with van der Waals surface area (Å²) in [5, 5.41) is 0. The minimum atomic E-state index is -0.646. The number of rotatable bonds is 3. The predicted molar refractivity (Wildman–Crippen MR) is 43.3 cm³/mol. The monoisotopic (exact) mass is 162 g/mol. The molecule has 68 valence electrons. The first-order valence-electron chi connectivity index (χ1n) is 3.60. The highest BCUT2D eigenvalue weighted by Crippen LogP contribution is 2.08. The molecule has 0 bridgehead atoms. The molecule has 4 heteroatoms. The Balaban J connectivity index is 3.70. The molecule has 0 aliphatic heterocycles. The number of hydroxylamine groups is 1. The third-order valence-corrected chi connectivity index (χ3v) is 0.898. The van der Waals surface area contributed by atoms with Crippen molar-refractivity contribution >= 4 is 0 Å². The van der Waals surface area contributed by atoms with E-state index in [9.17, 15) is 0 Å². The highest BCUT2D eigenvalue weighted by molar-refractivity contribution is 4.61. The fraction of sp³-hybridized carbons (Fsp3) is 1.00. The molecule has 0 rings (SSSR count). The zero-order chi connectivity index (χ0) is 9.12. The molecule has 3 N–H and O–H groups in total. The maximum Gasteiger partial charge on any atom is 0.155 e. The normalized spacial score (nSPS) is 13.6. The van der Waals surface area contributed by atoms with Crippen molar-refractivity contribution in [3.8, 4) is 0 Å². The summed E-state index contributed by atoms with van der Waals surface area (Å²) in [6, 6.07) is 0. The molecule has 0 aromatic carbocycles. The van der Waals surface area contributed by atoms with Crippen molar-refractivity contribution in [1.29, 1.82) is 0 Å². The second kappa shape index (κ2) is 3.49. The summed E-state index contributed by atoms with van der Waals surface area (Å²) in [7, 11) is 0. The van der Waals surface area contributed by atoms with Crippen LogP contribution in [0.3, 0.4) is 0 Å². The Morgan fingerprint density at radius 3 is 1.82 bits per heavy atom. The first-order valence-corrected chi connectivity index (χ1v) is 3.60. The van der Waals surface area contributed by atoms with Gasteiger partial charge < -0.3 is 0 Å². The van der Waals surface area contributed by atoms with E-state index >= 15 is 0 Å². The molecule has 0 spiro atoms. The van der Waals surface area contributed by atoms with E-state index < -0.39 is 5.72 Å². The van der Waals surface area contributed by atoms with E-state index in [-0.39, 0.29) is 5.60 Å². The van der Waals surface area contributed by atoms with Crippen LogP contribution in [-0.4, -0.2) is 11.3 Å². The van der Waals surface area contributed by atoms with Gasteiger partial charge in [-0.2, -0.15) is 5.48 Å². The summed E-state index contributed by atoms with van der Waals surface area (Å²) >= 11 is 0. The zero-order valence-corrected chi connectivity index (χ0v) is 7.89. The van der Waals surface area contributed by atoms with Gasteiger partial charge in [0.25, 0.3) is 0 Å². The van der Waals surface area contributed by atoms with E-state index in [0.29, 0.717) is 0 Å². The van der Waals surface area contributed by atoms with Gasteiger partial charge in [-0.1, -0.05) is 0 Å². The van der Waals surface area contributed by atoms with Crippen LogP contribution in [0.4, 0.5) is 0 Å². The second-order valence-corrected chi connectivity index (χ2v) is 3.94. The van der Waals surface area contributed by atoms with Crippen LogP contribution in [0.2, 0.25) is 0 Å². The minimum absolute atomic E-state index is 0.240. The van der Waals surface area contributed by atoms with E-state index in [1.165, 1.54) is 0 Å². The van der Waals surface area contributed by atoms with Gasteiger partial charge in [-0.15, -0.1) is 0 Å². The molecule has 0 aromatic heterocycles. The molecule has 0 aliphatic carbocycles. The number of hydrogen-bond donors (Lipinski definition) is 2. The molecule has 0 atom stereocenters. The van der Waals surface area contributed by atoms with Gasteiger partial charge in [-0.25, -0.2) is 5.90 Å². The highest BCUT2D eigenvalue weighted by Gasteiger charge is 2.20. The van der Waals surface area contributed by atoms with Crippen LogP contribution in [0.25, 0.3) is 0 Å². The van der Waals surface area contributed by atoms with Crippen molar-refractivity contribution < 1.29 is 9.68 Å². The summed E-state index contributed by atoms with van der Waals surface area (Å²) < 4.78 is 0. The molecule has 11 heavy (non-hydrogen) atoms.